The monoisotopic (exact) mass is 292 g/mol. The van der Waals surface area contributed by atoms with Gasteiger partial charge in [0.25, 0.3) is 5.91 Å². The van der Waals surface area contributed by atoms with Crippen LogP contribution in [0, 0.1) is 0 Å². The average molecular weight is 292 g/mol. The van der Waals surface area contributed by atoms with Crippen LogP contribution in [0.4, 0.5) is 0 Å². The molecule has 2 aliphatic rings. The molecule has 1 amide bonds. The Bertz CT molecular complexity index is 532. The Balaban J connectivity index is 1.79. The molecule has 0 saturated carbocycles. The minimum atomic E-state index is 0.0171. The highest BCUT2D eigenvalue weighted by Crippen LogP contribution is 2.33. The summed E-state index contributed by atoms with van der Waals surface area (Å²) in [6.07, 6.45) is 0. The van der Waals surface area contributed by atoms with Gasteiger partial charge in [0, 0.05) is 18.7 Å². The average Bonchev–Trinajstić information content (AvgIpc) is 2.94. The van der Waals surface area contributed by atoms with E-state index in [0.29, 0.717) is 36.8 Å². The Morgan fingerprint density at radius 2 is 2.14 bits per heavy atom. The Morgan fingerprint density at radius 1 is 1.33 bits per heavy atom. The van der Waals surface area contributed by atoms with Gasteiger partial charge < -0.3 is 24.0 Å². The molecule has 1 saturated heterocycles. The maximum atomic E-state index is 12.7. The van der Waals surface area contributed by atoms with Crippen molar-refractivity contribution >= 4 is 5.91 Å². The molecule has 1 aromatic rings. The summed E-state index contributed by atoms with van der Waals surface area (Å²) in [6.45, 7) is 2.78. The minimum Gasteiger partial charge on any atom is -0.454 e. The number of morpholine rings is 1. The van der Waals surface area contributed by atoms with Crippen LogP contribution < -0.4 is 9.47 Å². The number of rotatable bonds is 3. The molecule has 0 bridgehead atoms. The molecule has 2 aliphatic heterocycles. The Labute approximate surface area is 124 Å². The van der Waals surface area contributed by atoms with E-state index in [1.165, 1.54) is 0 Å². The van der Waals surface area contributed by atoms with E-state index in [0.717, 1.165) is 6.54 Å². The maximum Gasteiger partial charge on any atom is 0.254 e. The van der Waals surface area contributed by atoms with Crippen molar-refractivity contribution in [1.29, 1.82) is 0 Å². The second-order valence-corrected chi connectivity index (χ2v) is 5.56. The normalized spacial score (nSPS) is 20.9. The minimum absolute atomic E-state index is 0.0171. The number of amides is 1. The quantitative estimate of drug-likeness (QED) is 0.825. The van der Waals surface area contributed by atoms with Gasteiger partial charge in [0.2, 0.25) is 6.79 Å². The second-order valence-electron chi connectivity index (χ2n) is 5.56. The molecule has 1 fully saturated rings. The summed E-state index contributed by atoms with van der Waals surface area (Å²) in [7, 11) is 4.00. The number of hydrogen-bond acceptors (Lipinski definition) is 5. The van der Waals surface area contributed by atoms with Crippen molar-refractivity contribution in [3.63, 3.8) is 0 Å². The summed E-state index contributed by atoms with van der Waals surface area (Å²) in [4.78, 5) is 16.7. The van der Waals surface area contributed by atoms with Crippen molar-refractivity contribution in [2.45, 2.75) is 6.04 Å². The van der Waals surface area contributed by atoms with Gasteiger partial charge in [-0.05, 0) is 32.3 Å². The van der Waals surface area contributed by atoms with Gasteiger partial charge in [0.05, 0.1) is 19.3 Å². The zero-order valence-corrected chi connectivity index (χ0v) is 12.4. The lowest BCUT2D eigenvalue weighted by atomic mass is 10.1. The number of ether oxygens (including phenoxy) is 3. The molecule has 0 aliphatic carbocycles. The van der Waals surface area contributed by atoms with Gasteiger partial charge in [-0.25, -0.2) is 0 Å². The molecule has 3 rings (SSSR count). The van der Waals surface area contributed by atoms with E-state index in [1.807, 2.05) is 19.0 Å². The molecule has 0 radical (unpaired) electrons. The van der Waals surface area contributed by atoms with Crippen LogP contribution in [0.5, 0.6) is 11.5 Å². The third kappa shape index (κ3) is 2.96. The van der Waals surface area contributed by atoms with Crippen molar-refractivity contribution in [1.82, 2.24) is 9.80 Å². The number of carbonyl (C=O) groups is 1. The van der Waals surface area contributed by atoms with Gasteiger partial charge in [0.15, 0.2) is 11.5 Å². The van der Waals surface area contributed by atoms with Crippen LogP contribution >= 0.6 is 0 Å². The summed E-state index contributed by atoms with van der Waals surface area (Å²) in [6, 6.07) is 5.41. The largest absolute Gasteiger partial charge is 0.454 e. The van der Waals surface area contributed by atoms with E-state index in [1.54, 1.807) is 18.2 Å². The lowest BCUT2D eigenvalue weighted by Gasteiger charge is -2.37. The molecule has 1 atom stereocenters. The van der Waals surface area contributed by atoms with Crippen molar-refractivity contribution in [3.8, 4) is 11.5 Å². The lowest BCUT2D eigenvalue weighted by Crippen LogP contribution is -2.52. The van der Waals surface area contributed by atoms with Crippen LogP contribution in [0.3, 0.4) is 0 Å². The molecule has 0 spiro atoms. The van der Waals surface area contributed by atoms with E-state index < -0.39 is 0 Å². The Morgan fingerprint density at radius 3 is 2.95 bits per heavy atom. The van der Waals surface area contributed by atoms with Crippen LogP contribution in [0.25, 0.3) is 0 Å². The van der Waals surface area contributed by atoms with Crippen LogP contribution in [0.2, 0.25) is 0 Å². The van der Waals surface area contributed by atoms with Crippen molar-refractivity contribution in [2.24, 2.45) is 0 Å². The molecular formula is C15H20N2O4. The summed E-state index contributed by atoms with van der Waals surface area (Å²) in [5.74, 6) is 1.35. The highest BCUT2D eigenvalue weighted by Gasteiger charge is 2.29. The van der Waals surface area contributed by atoms with Gasteiger partial charge in [-0.3, -0.25) is 4.79 Å². The summed E-state index contributed by atoms with van der Waals surface area (Å²) in [5.41, 5.74) is 0.630. The van der Waals surface area contributed by atoms with Crippen molar-refractivity contribution < 1.29 is 19.0 Å². The topological polar surface area (TPSA) is 51.2 Å². The smallest absolute Gasteiger partial charge is 0.254 e. The first kappa shape index (κ1) is 14.2. The standard InChI is InChI=1S/C15H20N2O4/c1-16(2)8-12-9-19-6-5-17(12)15(18)11-3-4-13-14(7-11)21-10-20-13/h3-4,7,12H,5-6,8-10H2,1-2H3. The fourth-order valence-electron chi connectivity index (χ4n) is 2.69. The number of hydrogen-bond donors (Lipinski definition) is 0. The molecule has 6 nitrogen and oxygen atoms in total. The number of fused-ring (bicyclic) bond motifs is 1. The number of benzene rings is 1. The highest BCUT2D eigenvalue weighted by atomic mass is 16.7. The highest BCUT2D eigenvalue weighted by molar-refractivity contribution is 5.95. The molecule has 114 valence electrons. The zero-order chi connectivity index (χ0) is 14.8. The van der Waals surface area contributed by atoms with Crippen LogP contribution in [0.1, 0.15) is 10.4 Å². The molecule has 21 heavy (non-hydrogen) atoms. The first-order valence-electron chi connectivity index (χ1n) is 7.08. The van der Waals surface area contributed by atoms with Crippen LogP contribution in [-0.4, -0.2) is 68.9 Å². The van der Waals surface area contributed by atoms with Gasteiger partial charge in [-0.1, -0.05) is 0 Å². The fraction of sp³-hybridized carbons (Fsp3) is 0.533. The molecule has 0 N–H and O–H groups in total. The maximum absolute atomic E-state index is 12.7. The Hall–Kier alpha value is -1.79. The van der Waals surface area contributed by atoms with E-state index in [4.69, 9.17) is 14.2 Å². The second kappa shape index (κ2) is 5.91. The molecule has 1 unspecified atom stereocenters. The number of likely N-dealkylation sites (N-methyl/N-ethyl adjacent to an activating group) is 1. The molecular weight excluding hydrogens is 272 g/mol. The van der Waals surface area contributed by atoms with E-state index in [2.05, 4.69) is 4.90 Å². The summed E-state index contributed by atoms with van der Waals surface area (Å²) < 4.78 is 16.1. The molecule has 6 heteroatoms. The predicted molar refractivity (Wildman–Crippen MR) is 76.8 cm³/mol. The van der Waals surface area contributed by atoms with Crippen LogP contribution in [0.15, 0.2) is 18.2 Å². The zero-order valence-electron chi connectivity index (χ0n) is 12.4. The molecule has 2 heterocycles. The van der Waals surface area contributed by atoms with E-state index in [9.17, 15) is 4.79 Å². The Kier molecular flexibility index (Phi) is 3.98. The third-order valence-electron chi connectivity index (χ3n) is 3.68. The first-order valence-corrected chi connectivity index (χ1v) is 7.08. The van der Waals surface area contributed by atoms with E-state index >= 15 is 0 Å². The van der Waals surface area contributed by atoms with Gasteiger partial charge >= 0.3 is 0 Å². The van der Waals surface area contributed by atoms with Gasteiger partial charge in [-0.2, -0.15) is 0 Å². The van der Waals surface area contributed by atoms with Gasteiger partial charge in [-0.15, -0.1) is 0 Å². The van der Waals surface area contributed by atoms with Crippen LogP contribution in [-0.2, 0) is 4.74 Å². The third-order valence-corrected chi connectivity index (χ3v) is 3.68. The molecule has 0 aromatic heterocycles. The SMILES string of the molecule is CN(C)CC1COCCN1C(=O)c1ccc2c(c1)OCO2. The van der Waals surface area contributed by atoms with Crippen molar-refractivity contribution in [2.75, 3.05) is 47.2 Å². The summed E-state index contributed by atoms with van der Waals surface area (Å²) in [5, 5.41) is 0. The van der Waals surface area contributed by atoms with Gasteiger partial charge in [0.1, 0.15) is 0 Å². The van der Waals surface area contributed by atoms with Crippen molar-refractivity contribution in [3.05, 3.63) is 23.8 Å². The first-order chi connectivity index (χ1) is 10.1. The predicted octanol–water partition coefficient (Wildman–Crippen LogP) is 0.818. The fourth-order valence-corrected chi connectivity index (χ4v) is 2.69. The molecule has 1 aromatic carbocycles. The van der Waals surface area contributed by atoms with E-state index in [-0.39, 0.29) is 18.7 Å². The number of carbonyl (C=O) groups excluding carboxylic acids is 1. The lowest BCUT2D eigenvalue weighted by molar-refractivity contribution is -0.00831. The number of nitrogens with zero attached hydrogens (tertiary/aromatic N) is 2. The summed E-state index contributed by atoms with van der Waals surface area (Å²) >= 11 is 0.